The van der Waals surface area contributed by atoms with Crippen molar-refractivity contribution in [3.05, 3.63) is 35.1 Å². The molecule has 2 rings (SSSR count). The smallest absolute Gasteiger partial charge is 0.123 e. The largest absolute Gasteiger partial charge is 0.313 e. The highest BCUT2D eigenvalue weighted by Gasteiger charge is 2.22. The van der Waals surface area contributed by atoms with Crippen LogP contribution in [0.3, 0.4) is 0 Å². The van der Waals surface area contributed by atoms with E-state index in [0.29, 0.717) is 12.0 Å². The molecule has 1 nitrogen and oxygen atoms in total. The standard InChI is InChI=1S/C17H26FN/c1-13-10-15(12-16(18)11-13)17(19-2)14-8-6-4-3-5-7-9-14/h10-12,14,17,19H,3-9H2,1-2H3. The number of rotatable bonds is 3. The van der Waals surface area contributed by atoms with E-state index in [1.54, 1.807) is 12.1 Å². The molecule has 1 fully saturated rings. The molecule has 0 amide bonds. The van der Waals surface area contributed by atoms with Gasteiger partial charge in [-0.05, 0) is 56.0 Å². The third-order valence-corrected chi connectivity index (χ3v) is 4.36. The van der Waals surface area contributed by atoms with Crippen LogP contribution in [0.25, 0.3) is 0 Å². The van der Waals surface area contributed by atoms with Gasteiger partial charge in [-0.2, -0.15) is 0 Å². The topological polar surface area (TPSA) is 12.0 Å². The van der Waals surface area contributed by atoms with Crippen molar-refractivity contribution in [1.82, 2.24) is 5.32 Å². The van der Waals surface area contributed by atoms with Gasteiger partial charge in [0.25, 0.3) is 0 Å². The van der Waals surface area contributed by atoms with Gasteiger partial charge in [-0.1, -0.05) is 38.2 Å². The van der Waals surface area contributed by atoms with Crippen LogP contribution >= 0.6 is 0 Å². The van der Waals surface area contributed by atoms with E-state index in [4.69, 9.17) is 0 Å². The van der Waals surface area contributed by atoms with E-state index in [2.05, 4.69) is 11.4 Å². The fourth-order valence-electron chi connectivity index (χ4n) is 3.44. The molecule has 1 N–H and O–H groups in total. The number of aryl methyl sites for hydroxylation is 1. The highest BCUT2D eigenvalue weighted by molar-refractivity contribution is 5.26. The van der Waals surface area contributed by atoms with Crippen molar-refractivity contribution in [3.63, 3.8) is 0 Å². The Kier molecular flexibility index (Phi) is 5.38. The number of nitrogens with one attached hydrogen (secondary N) is 1. The Morgan fingerprint density at radius 1 is 1.05 bits per heavy atom. The van der Waals surface area contributed by atoms with Crippen molar-refractivity contribution in [2.24, 2.45) is 5.92 Å². The Hall–Kier alpha value is -0.890. The highest BCUT2D eigenvalue weighted by Crippen LogP contribution is 2.33. The molecule has 1 saturated carbocycles. The SMILES string of the molecule is CNC(c1cc(C)cc(F)c1)C1CCCCCCC1. The van der Waals surface area contributed by atoms with Crippen LogP contribution in [0, 0.1) is 18.7 Å². The van der Waals surface area contributed by atoms with Gasteiger partial charge in [0, 0.05) is 6.04 Å². The summed E-state index contributed by atoms with van der Waals surface area (Å²) < 4.78 is 13.6. The molecule has 0 bridgehead atoms. The van der Waals surface area contributed by atoms with Crippen molar-refractivity contribution < 1.29 is 4.39 Å². The average Bonchev–Trinajstić information content (AvgIpc) is 2.31. The van der Waals surface area contributed by atoms with Crippen LogP contribution in [0.5, 0.6) is 0 Å². The second kappa shape index (κ2) is 7.04. The number of hydrogen-bond donors (Lipinski definition) is 1. The Bertz CT molecular complexity index is 374. The van der Waals surface area contributed by atoms with Gasteiger partial charge in [-0.15, -0.1) is 0 Å². The van der Waals surface area contributed by atoms with Gasteiger partial charge in [0.2, 0.25) is 0 Å². The van der Waals surface area contributed by atoms with E-state index in [1.807, 2.05) is 14.0 Å². The maximum absolute atomic E-state index is 13.6. The number of hydrogen-bond acceptors (Lipinski definition) is 1. The second-order valence-corrected chi connectivity index (χ2v) is 5.93. The van der Waals surface area contributed by atoms with Gasteiger partial charge in [-0.3, -0.25) is 0 Å². The first-order valence-electron chi connectivity index (χ1n) is 7.65. The molecular weight excluding hydrogens is 237 g/mol. The number of halogens is 1. The summed E-state index contributed by atoms with van der Waals surface area (Å²) in [5.41, 5.74) is 2.13. The molecule has 106 valence electrons. The van der Waals surface area contributed by atoms with Gasteiger partial charge in [0.1, 0.15) is 5.82 Å². The minimum atomic E-state index is -0.110. The molecule has 19 heavy (non-hydrogen) atoms. The van der Waals surface area contributed by atoms with Crippen LogP contribution in [-0.4, -0.2) is 7.05 Å². The molecule has 2 heteroatoms. The van der Waals surface area contributed by atoms with Crippen molar-refractivity contribution in [1.29, 1.82) is 0 Å². The first-order valence-corrected chi connectivity index (χ1v) is 7.65. The molecule has 0 aromatic heterocycles. The van der Waals surface area contributed by atoms with Crippen molar-refractivity contribution in [3.8, 4) is 0 Å². The van der Waals surface area contributed by atoms with E-state index < -0.39 is 0 Å². The lowest BCUT2D eigenvalue weighted by Gasteiger charge is -2.29. The summed E-state index contributed by atoms with van der Waals surface area (Å²) >= 11 is 0. The molecule has 0 saturated heterocycles. The lowest BCUT2D eigenvalue weighted by atomic mass is 9.82. The summed E-state index contributed by atoms with van der Waals surface area (Å²) in [5.74, 6) is 0.535. The molecule has 1 aromatic carbocycles. The van der Waals surface area contributed by atoms with Crippen LogP contribution in [0.4, 0.5) is 4.39 Å². The Morgan fingerprint density at radius 3 is 2.26 bits per heavy atom. The average molecular weight is 263 g/mol. The maximum Gasteiger partial charge on any atom is 0.123 e. The minimum Gasteiger partial charge on any atom is -0.313 e. The molecule has 0 aliphatic heterocycles. The molecule has 1 aliphatic rings. The first-order chi connectivity index (χ1) is 9.20. The molecule has 0 radical (unpaired) electrons. The summed E-state index contributed by atoms with van der Waals surface area (Å²) in [6.45, 7) is 1.97. The first kappa shape index (κ1) is 14.5. The normalized spacial score (nSPS) is 19.7. The summed E-state index contributed by atoms with van der Waals surface area (Å²) in [6, 6.07) is 5.73. The van der Waals surface area contributed by atoms with Crippen molar-refractivity contribution >= 4 is 0 Å². The highest BCUT2D eigenvalue weighted by atomic mass is 19.1. The zero-order chi connectivity index (χ0) is 13.7. The molecule has 1 aromatic rings. The third kappa shape index (κ3) is 4.04. The van der Waals surface area contributed by atoms with Crippen LogP contribution in [0.1, 0.15) is 62.1 Å². The monoisotopic (exact) mass is 263 g/mol. The Balaban J connectivity index is 2.16. The Morgan fingerprint density at radius 2 is 1.68 bits per heavy atom. The zero-order valence-corrected chi connectivity index (χ0v) is 12.2. The zero-order valence-electron chi connectivity index (χ0n) is 12.2. The Labute approximate surface area is 116 Å². The third-order valence-electron chi connectivity index (χ3n) is 4.36. The van der Waals surface area contributed by atoms with Gasteiger partial charge < -0.3 is 5.32 Å². The van der Waals surface area contributed by atoms with Crippen LogP contribution in [-0.2, 0) is 0 Å². The summed E-state index contributed by atoms with van der Waals surface area (Å²) in [4.78, 5) is 0. The van der Waals surface area contributed by atoms with Gasteiger partial charge in [0.05, 0.1) is 0 Å². The van der Waals surface area contributed by atoms with Gasteiger partial charge >= 0.3 is 0 Å². The predicted octanol–water partition coefficient (Wildman–Crippen LogP) is 4.76. The summed E-state index contributed by atoms with van der Waals surface area (Å²) in [6.07, 6.45) is 9.26. The van der Waals surface area contributed by atoms with E-state index in [9.17, 15) is 4.39 Å². The van der Waals surface area contributed by atoms with E-state index in [1.165, 1.54) is 44.9 Å². The number of benzene rings is 1. The van der Waals surface area contributed by atoms with E-state index in [0.717, 1.165) is 11.1 Å². The maximum atomic E-state index is 13.6. The minimum absolute atomic E-state index is 0.110. The van der Waals surface area contributed by atoms with E-state index >= 15 is 0 Å². The van der Waals surface area contributed by atoms with Crippen LogP contribution < -0.4 is 5.32 Å². The molecule has 1 aliphatic carbocycles. The summed E-state index contributed by atoms with van der Waals surface area (Å²) in [7, 11) is 2.00. The molecule has 0 heterocycles. The molecule has 0 spiro atoms. The fourth-order valence-corrected chi connectivity index (χ4v) is 3.44. The molecule has 1 atom stereocenters. The van der Waals surface area contributed by atoms with Crippen molar-refractivity contribution in [2.75, 3.05) is 7.05 Å². The van der Waals surface area contributed by atoms with E-state index in [-0.39, 0.29) is 5.82 Å². The van der Waals surface area contributed by atoms with Crippen LogP contribution in [0.2, 0.25) is 0 Å². The summed E-state index contributed by atoms with van der Waals surface area (Å²) in [5, 5.41) is 3.42. The fraction of sp³-hybridized carbons (Fsp3) is 0.647. The predicted molar refractivity (Wildman–Crippen MR) is 78.7 cm³/mol. The van der Waals surface area contributed by atoms with Crippen molar-refractivity contribution in [2.45, 2.75) is 57.9 Å². The van der Waals surface area contributed by atoms with Crippen LogP contribution in [0.15, 0.2) is 18.2 Å². The van der Waals surface area contributed by atoms with Gasteiger partial charge in [-0.25, -0.2) is 4.39 Å². The lowest BCUT2D eigenvalue weighted by Crippen LogP contribution is -2.26. The lowest BCUT2D eigenvalue weighted by molar-refractivity contribution is 0.299. The quantitative estimate of drug-likeness (QED) is 0.829. The molecule has 1 unspecified atom stereocenters. The second-order valence-electron chi connectivity index (χ2n) is 5.93. The molecular formula is C17H26FN. The van der Waals surface area contributed by atoms with Gasteiger partial charge in [0.15, 0.2) is 0 Å².